The van der Waals surface area contributed by atoms with Crippen molar-refractivity contribution in [2.24, 2.45) is 0 Å². The molecular formula is C10H10N2O2S2. The first-order valence-electron chi connectivity index (χ1n) is 4.63. The number of aromatic nitrogens is 1. The summed E-state index contributed by atoms with van der Waals surface area (Å²) in [6, 6.07) is 3.75. The van der Waals surface area contributed by atoms with Crippen LogP contribution < -0.4 is 5.32 Å². The van der Waals surface area contributed by atoms with Gasteiger partial charge in [0.1, 0.15) is 0 Å². The molecule has 0 atom stereocenters. The normalized spacial score (nSPS) is 10.3. The molecular weight excluding hydrogens is 244 g/mol. The van der Waals surface area contributed by atoms with E-state index in [4.69, 9.17) is 5.11 Å². The average molecular weight is 254 g/mol. The number of carboxylic acid groups (broad SMARTS) is 1. The maximum atomic E-state index is 10.5. The third kappa shape index (κ3) is 2.40. The number of carbonyl (C=O) groups is 1. The van der Waals surface area contributed by atoms with E-state index in [2.05, 4.69) is 10.3 Å². The van der Waals surface area contributed by atoms with E-state index < -0.39 is 5.97 Å². The molecule has 4 nitrogen and oxygen atoms in total. The Kier molecular flexibility index (Phi) is 3.21. The van der Waals surface area contributed by atoms with E-state index in [1.54, 1.807) is 0 Å². The summed E-state index contributed by atoms with van der Waals surface area (Å²) in [6.45, 7) is 0. The Bertz CT molecular complexity index is 504. The molecule has 0 spiro atoms. The van der Waals surface area contributed by atoms with Gasteiger partial charge in [-0.2, -0.15) is 0 Å². The fourth-order valence-corrected chi connectivity index (χ4v) is 2.97. The zero-order chi connectivity index (χ0) is 11.5. The van der Waals surface area contributed by atoms with E-state index in [-0.39, 0.29) is 6.42 Å². The molecule has 2 N–H and O–H groups in total. The predicted molar refractivity (Wildman–Crippen MR) is 66.3 cm³/mol. The zero-order valence-corrected chi connectivity index (χ0v) is 10.2. The minimum absolute atomic E-state index is 0.0771. The van der Waals surface area contributed by atoms with Crippen LogP contribution in [0.25, 0.3) is 10.6 Å². The van der Waals surface area contributed by atoms with Crippen LogP contribution in [0, 0.1) is 0 Å². The molecule has 84 valence electrons. The fraction of sp³-hybridized carbons (Fsp3) is 0.200. The number of rotatable bonds is 4. The van der Waals surface area contributed by atoms with Gasteiger partial charge in [0.05, 0.1) is 17.0 Å². The molecule has 0 aliphatic heterocycles. The lowest BCUT2D eigenvalue weighted by Crippen LogP contribution is -1.96. The molecule has 6 heteroatoms. The Morgan fingerprint density at radius 2 is 2.38 bits per heavy atom. The number of thiazole rings is 1. The lowest BCUT2D eigenvalue weighted by atomic mass is 10.3. The summed E-state index contributed by atoms with van der Waals surface area (Å²) in [7, 11) is 1.83. The highest BCUT2D eigenvalue weighted by Gasteiger charge is 2.08. The van der Waals surface area contributed by atoms with Gasteiger partial charge in [-0.25, -0.2) is 4.98 Å². The molecule has 2 aromatic heterocycles. The average Bonchev–Trinajstić information content (AvgIpc) is 2.83. The van der Waals surface area contributed by atoms with Crippen molar-refractivity contribution in [2.45, 2.75) is 6.42 Å². The van der Waals surface area contributed by atoms with Gasteiger partial charge in [-0.1, -0.05) is 0 Å². The molecule has 2 aromatic rings. The van der Waals surface area contributed by atoms with Gasteiger partial charge in [-0.05, 0) is 12.1 Å². The van der Waals surface area contributed by atoms with Crippen LogP contribution in [0.5, 0.6) is 0 Å². The summed E-state index contributed by atoms with van der Waals surface area (Å²) >= 11 is 3.01. The SMILES string of the molecule is CNc1nc(-c2ccc(CC(=O)O)s2)cs1. The summed E-state index contributed by atoms with van der Waals surface area (Å²) in [4.78, 5) is 16.8. The van der Waals surface area contributed by atoms with Crippen LogP contribution in [-0.2, 0) is 11.2 Å². The lowest BCUT2D eigenvalue weighted by Gasteiger charge is -1.90. The molecule has 0 saturated carbocycles. The molecule has 0 aromatic carbocycles. The third-order valence-electron chi connectivity index (χ3n) is 1.96. The summed E-state index contributed by atoms with van der Waals surface area (Å²) in [5, 5.41) is 14.5. The van der Waals surface area contributed by atoms with Crippen LogP contribution in [0.15, 0.2) is 17.5 Å². The first-order chi connectivity index (χ1) is 7.69. The van der Waals surface area contributed by atoms with Crippen molar-refractivity contribution in [3.63, 3.8) is 0 Å². The van der Waals surface area contributed by atoms with Crippen molar-refractivity contribution >= 4 is 33.8 Å². The molecule has 2 rings (SSSR count). The van der Waals surface area contributed by atoms with Crippen LogP contribution in [0.2, 0.25) is 0 Å². The van der Waals surface area contributed by atoms with Gasteiger partial charge in [0.15, 0.2) is 5.13 Å². The van der Waals surface area contributed by atoms with Crippen LogP contribution in [-0.4, -0.2) is 23.1 Å². The molecule has 0 aliphatic rings. The Morgan fingerprint density at radius 3 is 3.00 bits per heavy atom. The minimum Gasteiger partial charge on any atom is -0.481 e. The smallest absolute Gasteiger partial charge is 0.308 e. The van der Waals surface area contributed by atoms with Gasteiger partial charge in [-0.3, -0.25) is 4.79 Å². The second-order valence-electron chi connectivity index (χ2n) is 3.12. The number of nitrogens with zero attached hydrogens (tertiary/aromatic N) is 1. The maximum absolute atomic E-state index is 10.5. The summed E-state index contributed by atoms with van der Waals surface area (Å²) in [6.07, 6.45) is 0.0771. The molecule has 2 heterocycles. The Morgan fingerprint density at radius 1 is 1.56 bits per heavy atom. The van der Waals surface area contributed by atoms with Crippen LogP contribution in [0.1, 0.15) is 4.88 Å². The van der Waals surface area contributed by atoms with Crippen molar-refractivity contribution in [3.05, 3.63) is 22.4 Å². The summed E-state index contributed by atoms with van der Waals surface area (Å²) in [5.74, 6) is -0.803. The molecule has 16 heavy (non-hydrogen) atoms. The third-order valence-corrected chi connectivity index (χ3v) is 3.93. The predicted octanol–water partition coefficient (Wildman–Crippen LogP) is 2.54. The quantitative estimate of drug-likeness (QED) is 0.880. The van der Waals surface area contributed by atoms with E-state index in [0.717, 1.165) is 20.6 Å². The standard InChI is InChI=1S/C10H10N2O2S2/c1-11-10-12-7(5-15-10)8-3-2-6(16-8)4-9(13)14/h2-3,5H,4H2,1H3,(H,11,12)(H,13,14). The van der Waals surface area contributed by atoms with Crippen LogP contribution in [0.4, 0.5) is 5.13 Å². The Hall–Kier alpha value is -1.40. The van der Waals surface area contributed by atoms with Gasteiger partial charge < -0.3 is 10.4 Å². The zero-order valence-electron chi connectivity index (χ0n) is 8.56. The van der Waals surface area contributed by atoms with Gasteiger partial charge in [0, 0.05) is 17.3 Å². The molecule has 0 bridgehead atoms. The maximum Gasteiger partial charge on any atom is 0.308 e. The topological polar surface area (TPSA) is 62.2 Å². The molecule has 0 saturated heterocycles. The van der Waals surface area contributed by atoms with Crippen molar-refractivity contribution in [3.8, 4) is 10.6 Å². The largest absolute Gasteiger partial charge is 0.481 e. The van der Waals surface area contributed by atoms with E-state index in [9.17, 15) is 4.79 Å². The highest BCUT2D eigenvalue weighted by molar-refractivity contribution is 7.17. The first-order valence-corrected chi connectivity index (χ1v) is 6.33. The molecule has 0 fully saturated rings. The monoisotopic (exact) mass is 254 g/mol. The number of thiophene rings is 1. The fourth-order valence-electron chi connectivity index (χ4n) is 1.26. The minimum atomic E-state index is -0.803. The summed E-state index contributed by atoms with van der Waals surface area (Å²) < 4.78 is 0. The lowest BCUT2D eigenvalue weighted by molar-refractivity contribution is -0.136. The van der Waals surface area contributed by atoms with Crippen molar-refractivity contribution in [2.75, 3.05) is 12.4 Å². The van der Waals surface area contributed by atoms with Gasteiger partial charge in [-0.15, -0.1) is 22.7 Å². The number of aliphatic carboxylic acids is 1. The van der Waals surface area contributed by atoms with Crippen molar-refractivity contribution in [1.82, 2.24) is 4.98 Å². The molecule has 0 amide bonds. The number of hydrogen-bond donors (Lipinski definition) is 2. The Balaban J connectivity index is 2.20. The molecule has 0 radical (unpaired) electrons. The van der Waals surface area contributed by atoms with Crippen LogP contribution >= 0.6 is 22.7 Å². The van der Waals surface area contributed by atoms with E-state index in [0.29, 0.717) is 0 Å². The van der Waals surface area contributed by atoms with Crippen molar-refractivity contribution < 1.29 is 9.90 Å². The van der Waals surface area contributed by atoms with Crippen molar-refractivity contribution in [1.29, 1.82) is 0 Å². The number of carboxylic acids is 1. The number of nitrogens with one attached hydrogen (secondary N) is 1. The highest BCUT2D eigenvalue weighted by atomic mass is 32.1. The highest BCUT2D eigenvalue weighted by Crippen LogP contribution is 2.30. The van der Waals surface area contributed by atoms with Gasteiger partial charge >= 0.3 is 5.97 Å². The second kappa shape index (κ2) is 4.63. The van der Waals surface area contributed by atoms with Gasteiger partial charge in [0.2, 0.25) is 0 Å². The van der Waals surface area contributed by atoms with Crippen LogP contribution in [0.3, 0.4) is 0 Å². The van der Waals surface area contributed by atoms with E-state index in [1.165, 1.54) is 22.7 Å². The summed E-state index contributed by atoms with van der Waals surface area (Å²) in [5.41, 5.74) is 0.899. The number of anilines is 1. The number of hydrogen-bond acceptors (Lipinski definition) is 5. The first kappa shape index (κ1) is 11.1. The van der Waals surface area contributed by atoms with E-state index >= 15 is 0 Å². The van der Waals surface area contributed by atoms with E-state index in [1.807, 2.05) is 24.6 Å². The molecule has 0 aliphatic carbocycles. The Labute approximate surface area is 101 Å². The second-order valence-corrected chi connectivity index (χ2v) is 5.15. The molecule has 0 unspecified atom stereocenters. The van der Waals surface area contributed by atoms with Gasteiger partial charge in [0.25, 0.3) is 0 Å².